The van der Waals surface area contributed by atoms with E-state index in [0.717, 1.165) is 28.8 Å². The first-order chi connectivity index (χ1) is 11.8. The molecule has 5 nitrogen and oxygen atoms in total. The van der Waals surface area contributed by atoms with Crippen molar-refractivity contribution in [3.05, 3.63) is 58.6 Å². The van der Waals surface area contributed by atoms with Crippen molar-refractivity contribution >= 4 is 31.6 Å². The third-order valence-electron chi connectivity index (χ3n) is 3.89. The lowest BCUT2D eigenvalue weighted by atomic mass is 10.1. The Labute approximate surface area is 158 Å². The summed E-state index contributed by atoms with van der Waals surface area (Å²) in [6.45, 7) is 3.66. The number of benzene rings is 2. The normalized spacial score (nSPS) is 13.0. The summed E-state index contributed by atoms with van der Waals surface area (Å²) < 4.78 is 26.4. The molecule has 136 valence electrons. The van der Waals surface area contributed by atoms with E-state index >= 15 is 0 Å². The van der Waals surface area contributed by atoms with E-state index in [0.29, 0.717) is 4.90 Å². The number of anilines is 1. The van der Waals surface area contributed by atoms with E-state index in [2.05, 4.69) is 33.5 Å². The van der Waals surface area contributed by atoms with Crippen molar-refractivity contribution in [1.82, 2.24) is 9.62 Å². The number of rotatable bonds is 8. The Morgan fingerprint density at radius 3 is 2.36 bits per heavy atom. The minimum Gasteiger partial charge on any atom is -0.384 e. The van der Waals surface area contributed by atoms with E-state index < -0.39 is 10.0 Å². The Morgan fingerprint density at radius 2 is 1.76 bits per heavy atom. The fraction of sp³-hybridized carbons (Fsp3) is 0.333. The SMILES string of the molecule is C[C@@H](NCCNc1cccc(Br)c1)c1ccc(S(=O)(=O)N(C)C)cc1. The van der Waals surface area contributed by atoms with Crippen LogP contribution in [0.3, 0.4) is 0 Å². The van der Waals surface area contributed by atoms with Crippen molar-refractivity contribution in [3.63, 3.8) is 0 Å². The molecule has 0 aromatic heterocycles. The van der Waals surface area contributed by atoms with Gasteiger partial charge in [0.05, 0.1) is 4.90 Å². The molecule has 0 heterocycles. The molecule has 2 rings (SSSR count). The van der Waals surface area contributed by atoms with Crippen molar-refractivity contribution in [2.45, 2.75) is 17.9 Å². The van der Waals surface area contributed by atoms with Crippen molar-refractivity contribution in [1.29, 1.82) is 0 Å². The predicted molar refractivity (Wildman–Crippen MR) is 106 cm³/mol. The highest BCUT2D eigenvalue weighted by atomic mass is 79.9. The number of sulfonamides is 1. The van der Waals surface area contributed by atoms with E-state index in [9.17, 15) is 8.42 Å². The Balaban J connectivity index is 1.85. The highest BCUT2D eigenvalue weighted by molar-refractivity contribution is 9.10. The molecule has 25 heavy (non-hydrogen) atoms. The number of nitrogens with zero attached hydrogens (tertiary/aromatic N) is 1. The molecule has 0 saturated carbocycles. The van der Waals surface area contributed by atoms with Crippen LogP contribution in [0.25, 0.3) is 0 Å². The maximum absolute atomic E-state index is 12.1. The second kappa shape index (κ2) is 8.80. The van der Waals surface area contributed by atoms with Crippen LogP contribution in [0.2, 0.25) is 0 Å². The Bertz CT molecular complexity index is 792. The predicted octanol–water partition coefficient (Wildman–Crippen LogP) is 3.46. The first kappa shape index (κ1) is 19.9. The van der Waals surface area contributed by atoms with Gasteiger partial charge < -0.3 is 10.6 Å². The van der Waals surface area contributed by atoms with Gasteiger partial charge in [0.25, 0.3) is 0 Å². The van der Waals surface area contributed by atoms with E-state index in [1.165, 1.54) is 18.4 Å². The van der Waals surface area contributed by atoms with Gasteiger partial charge in [-0.3, -0.25) is 0 Å². The van der Waals surface area contributed by atoms with E-state index in [-0.39, 0.29) is 6.04 Å². The van der Waals surface area contributed by atoms with E-state index in [1.54, 1.807) is 12.1 Å². The first-order valence-electron chi connectivity index (χ1n) is 8.06. The Kier molecular flexibility index (Phi) is 7.01. The Morgan fingerprint density at radius 1 is 1.08 bits per heavy atom. The molecule has 2 aromatic rings. The largest absolute Gasteiger partial charge is 0.384 e. The van der Waals surface area contributed by atoms with Crippen LogP contribution in [0.1, 0.15) is 18.5 Å². The van der Waals surface area contributed by atoms with Crippen LogP contribution in [0.5, 0.6) is 0 Å². The summed E-state index contributed by atoms with van der Waals surface area (Å²) in [5.74, 6) is 0. The van der Waals surface area contributed by atoms with Gasteiger partial charge in [-0.15, -0.1) is 0 Å². The molecule has 0 aliphatic heterocycles. The molecule has 2 N–H and O–H groups in total. The third kappa shape index (κ3) is 5.54. The van der Waals surface area contributed by atoms with Crippen LogP contribution in [0.15, 0.2) is 57.9 Å². The minimum atomic E-state index is -3.38. The standard InChI is InChI=1S/C18H24BrN3O2S/c1-14(20-11-12-21-17-6-4-5-16(19)13-17)15-7-9-18(10-8-15)25(23,24)22(2)3/h4-10,13-14,20-21H,11-12H2,1-3H3/t14-/m1/s1. The van der Waals surface area contributed by atoms with E-state index in [1.807, 2.05) is 36.4 Å². The van der Waals surface area contributed by atoms with Crippen LogP contribution < -0.4 is 10.6 Å². The molecule has 2 aromatic carbocycles. The highest BCUT2D eigenvalue weighted by Crippen LogP contribution is 2.18. The maximum atomic E-state index is 12.1. The number of hydrogen-bond donors (Lipinski definition) is 2. The average molecular weight is 426 g/mol. The van der Waals surface area contributed by atoms with Crippen LogP contribution in [0.4, 0.5) is 5.69 Å². The smallest absolute Gasteiger partial charge is 0.242 e. The van der Waals surface area contributed by atoms with Crippen molar-refractivity contribution in [3.8, 4) is 0 Å². The fourth-order valence-electron chi connectivity index (χ4n) is 2.35. The monoisotopic (exact) mass is 425 g/mol. The maximum Gasteiger partial charge on any atom is 0.242 e. The van der Waals surface area contributed by atoms with Gasteiger partial charge in [-0.1, -0.05) is 34.1 Å². The van der Waals surface area contributed by atoms with Crippen molar-refractivity contribution in [2.75, 3.05) is 32.5 Å². The van der Waals surface area contributed by atoms with Gasteiger partial charge in [-0.2, -0.15) is 0 Å². The quantitative estimate of drug-likeness (QED) is 0.635. The van der Waals surface area contributed by atoms with Crippen molar-refractivity contribution < 1.29 is 8.42 Å². The molecule has 0 aliphatic rings. The molecular formula is C18H24BrN3O2S. The summed E-state index contributed by atoms with van der Waals surface area (Å²) in [4.78, 5) is 0.310. The second-order valence-corrected chi connectivity index (χ2v) is 9.04. The van der Waals surface area contributed by atoms with Gasteiger partial charge in [0.15, 0.2) is 0 Å². The molecule has 0 bridgehead atoms. The molecule has 0 amide bonds. The first-order valence-corrected chi connectivity index (χ1v) is 10.3. The summed E-state index contributed by atoms with van der Waals surface area (Å²) in [6.07, 6.45) is 0. The minimum absolute atomic E-state index is 0.139. The molecule has 0 aliphatic carbocycles. The summed E-state index contributed by atoms with van der Waals surface area (Å²) in [5.41, 5.74) is 2.13. The van der Waals surface area contributed by atoms with Crippen LogP contribution in [0, 0.1) is 0 Å². The molecule has 7 heteroatoms. The van der Waals surface area contributed by atoms with Gasteiger partial charge in [0, 0.05) is 43.4 Å². The zero-order valence-electron chi connectivity index (χ0n) is 14.7. The van der Waals surface area contributed by atoms with Crippen LogP contribution in [-0.2, 0) is 10.0 Å². The third-order valence-corrected chi connectivity index (χ3v) is 6.21. The fourth-order valence-corrected chi connectivity index (χ4v) is 3.65. The summed E-state index contributed by atoms with van der Waals surface area (Å²) in [6, 6.07) is 15.2. The number of nitrogens with one attached hydrogen (secondary N) is 2. The Hall–Kier alpha value is -1.41. The molecule has 1 atom stereocenters. The highest BCUT2D eigenvalue weighted by Gasteiger charge is 2.17. The van der Waals surface area contributed by atoms with Gasteiger partial charge >= 0.3 is 0 Å². The topological polar surface area (TPSA) is 61.4 Å². The molecule has 0 unspecified atom stereocenters. The van der Waals surface area contributed by atoms with Gasteiger partial charge in [0.2, 0.25) is 10.0 Å². The zero-order valence-corrected chi connectivity index (χ0v) is 17.1. The van der Waals surface area contributed by atoms with Crippen LogP contribution in [-0.4, -0.2) is 39.9 Å². The van der Waals surface area contributed by atoms with Gasteiger partial charge in [-0.05, 0) is 42.8 Å². The molecule has 0 spiro atoms. The average Bonchev–Trinajstić information content (AvgIpc) is 2.58. The molecule has 0 fully saturated rings. The lowest BCUT2D eigenvalue weighted by molar-refractivity contribution is 0.520. The zero-order chi connectivity index (χ0) is 18.4. The molecule has 0 radical (unpaired) electrons. The molecular weight excluding hydrogens is 402 g/mol. The van der Waals surface area contributed by atoms with Gasteiger partial charge in [-0.25, -0.2) is 12.7 Å². The number of halogens is 1. The van der Waals surface area contributed by atoms with Gasteiger partial charge in [0.1, 0.15) is 0 Å². The lowest BCUT2D eigenvalue weighted by Gasteiger charge is -2.16. The summed E-state index contributed by atoms with van der Waals surface area (Å²) in [5, 5.41) is 6.79. The van der Waals surface area contributed by atoms with Crippen LogP contribution >= 0.6 is 15.9 Å². The summed E-state index contributed by atoms with van der Waals surface area (Å²) in [7, 11) is -0.308. The second-order valence-electron chi connectivity index (χ2n) is 5.97. The molecule has 0 saturated heterocycles. The summed E-state index contributed by atoms with van der Waals surface area (Å²) >= 11 is 3.45. The number of hydrogen-bond acceptors (Lipinski definition) is 4. The lowest BCUT2D eigenvalue weighted by Crippen LogP contribution is -2.25. The van der Waals surface area contributed by atoms with Crippen molar-refractivity contribution in [2.24, 2.45) is 0 Å². The van der Waals surface area contributed by atoms with E-state index in [4.69, 9.17) is 0 Å².